The second-order valence-electron chi connectivity index (χ2n) is 5.37. The fraction of sp³-hybridized carbons (Fsp3) is 0.529. The zero-order valence-electron chi connectivity index (χ0n) is 16.6. The van der Waals surface area contributed by atoms with Crippen LogP contribution in [0.5, 0.6) is 0 Å². The van der Waals surface area contributed by atoms with Gasteiger partial charge >= 0.3 is 5.97 Å². The number of hydrogen-bond acceptors (Lipinski definition) is 9. The van der Waals surface area contributed by atoms with E-state index in [2.05, 4.69) is 16.0 Å². The highest BCUT2D eigenvalue weighted by Gasteiger charge is 2.05. The number of aliphatic hydroxyl groups excluding tert-OH is 3. The largest absolute Gasteiger partial charge is 0.478 e. The van der Waals surface area contributed by atoms with E-state index in [4.69, 9.17) is 21.1 Å². The number of carbonyl (C=O) groups is 4. The third kappa shape index (κ3) is 21.5. The molecule has 0 aromatic carbocycles. The van der Waals surface area contributed by atoms with Gasteiger partial charge in [0.1, 0.15) is 0 Å². The van der Waals surface area contributed by atoms with Gasteiger partial charge in [0.05, 0.1) is 19.9 Å². The molecule has 172 valence electrons. The maximum atomic E-state index is 11.5. The number of amides is 3. The monoisotopic (exact) mass is 433 g/mol. The molecule has 0 aromatic heterocycles. The van der Waals surface area contributed by atoms with Gasteiger partial charge in [-0.1, -0.05) is 0 Å². The molecular weight excluding hydrogens is 402 g/mol. The maximum absolute atomic E-state index is 11.5. The summed E-state index contributed by atoms with van der Waals surface area (Å²) in [5, 5.41) is 41.2. The van der Waals surface area contributed by atoms with Gasteiger partial charge in [-0.25, -0.2) is 4.79 Å². The van der Waals surface area contributed by atoms with Crippen molar-refractivity contribution in [3.63, 3.8) is 0 Å². The number of carbonyl (C=O) groups excluding carboxylic acids is 3. The lowest BCUT2D eigenvalue weighted by Gasteiger charge is -2.19. The van der Waals surface area contributed by atoms with Crippen LogP contribution in [0.25, 0.3) is 0 Å². The molecule has 0 saturated carbocycles. The molecule has 3 amide bonds. The molecule has 0 aliphatic heterocycles. The Morgan fingerprint density at radius 1 is 0.733 bits per heavy atom. The summed E-state index contributed by atoms with van der Waals surface area (Å²) in [5.41, 5.74) is 4.78. The minimum absolute atomic E-state index is 0.0961. The fourth-order valence-corrected chi connectivity index (χ4v) is 1.58. The number of nitrogens with zero attached hydrogens (tertiary/aromatic N) is 1. The normalized spacial score (nSPS) is 10.6. The van der Waals surface area contributed by atoms with E-state index in [0.717, 1.165) is 18.2 Å². The zero-order valence-corrected chi connectivity index (χ0v) is 16.6. The van der Waals surface area contributed by atoms with Crippen molar-refractivity contribution in [1.29, 1.82) is 0 Å². The van der Waals surface area contributed by atoms with Crippen LogP contribution in [0.1, 0.15) is 0 Å². The molecular formula is C17H31N5O8. The molecule has 0 heterocycles. The van der Waals surface area contributed by atoms with Crippen LogP contribution in [-0.2, 0) is 19.2 Å². The maximum Gasteiger partial charge on any atom is 0.328 e. The molecule has 0 aliphatic carbocycles. The molecule has 0 atom stereocenters. The van der Waals surface area contributed by atoms with E-state index in [1.807, 2.05) is 0 Å². The van der Waals surface area contributed by atoms with Gasteiger partial charge in [0.15, 0.2) is 0 Å². The molecule has 0 unspecified atom stereocenters. The molecule has 0 bridgehead atoms. The summed E-state index contributed by atoms with van der Waals surface area (Å²) in [7, 11) is 0. The number of carboxylic acids is 1. The van der Waals surface area contributed by atoms with E-state index in [1.54, 1.807) is 4.90 Å². The number of nitrogens with one attached hydrogen (secondary N) is 3. The van der Waals surface area contributed by atoms with Crippen LogP contribution >= 0.6 is 0 Å². The van der Waals surface area contributed by atoms with Gasteiger partial charge in [0.2, 0.25) is 17.7 Å². The molecule has 9 N–H and O–H groups in total. The van der Waals surface area contributed by atoms with E-state index in [0.29, 0.717) is 25.7 Å². The molecule has 0 spiro atoms. The SMILES string of the molecule is NCCO.O=C(O)/C=C\C(=O)NCCN(CO)CCNC(=O)/C=C\C(=O)NCCO. The first-order valence-electron chi connectivity index (χ1n) is 8.98. The Hall–Kier alpha value is -2.84. The number of aliphatic carboxylic acids is 1. The standard InChI is InChI=1S/C15H24N4O7.C2H7NO/c20-10-7-18-13(23)2-1-12(22)16-5-8-19(11-21)9-6-17-14(24)3-4-15(25)26;3-1-2-4/h1-4,20-21H,5-11H2,(H,16,22)(H,17,24)(H,18,23)(H,25,26);4H,1-3H2/b2-1-,4-3-;. The summed E-state index contributed by atoms with van der Waals surface area (Å²) < 4.78 is 0. The second kappa shape index (κ2) is 20.9. The second-order valence-corrected chi connectivity index (χ2v) is 5.37. The zero-order chi connectivity index (χ0) is 23.2. The number of nitrogens with two attached hydrogens (primary N) is 1. The summed E-state index contributed by atoms with van der Waals surface area (Å²) in [6, 6.07) is 0. The van der Waals surface area contributed by atoms with Gasteiger partial charge in [-0.05, 0) is 0 Å². The van der Waals surface area contributed by atoms with Crippen LogP contribution < -0.4 is 21.7 Å². The van der Waals surface area contributed by atoms with Gasteiger partial charge in [-0.2, -0.15) is 0 Å². The Balaban J connectivity index is 0. The van der Waals surface area contributed by atoms with E-state index in [1.165, 1.54) is 0 Å². The lowest BCUT2D eigenvalue weighted by molar-refractivity contribution is -0.131. The average Bonchev–Trinajstić information content (AvgIpc) is 2.73. The van der Waals surface area contributed by atoms with Gasteiger partial charge < -0.3 is 42.1 Å². The van der Waals surface area contributed by atoms with E-state index >= 15 is 0 Å². The molecule has 0 saturated heterocycles. The molecule has 13 heteroatoms. The lowest BCUT2D eigenvalue weighted by Crippen LogP contribution is -2.39. The van der Waals surface area contributed by atoms with Crippen molar-refractivity contribution in [1.82, 2.24) is 20.9 Å². The van der Waals surface area contributed by atoms with E-state index < -0.39 is 23.7 Å². The quantitative estimate of drug-likeness (QED) is 0.0974. The number of aliphatic hydroxyl groups is 3. The summed E-state index contributed by atoms with van der Waals surface area (Å²) in [6.45, 7) is 1.05. The molecule has 0 rings (SSSR count). The van der Waals surface area contributed by atoms with Crippen LogP contribution in [0.2, 0.25) is 0 Å². The van der Waals surface area contributed by atoms with Crippen molar-refractivity contribution in [3.8, 4) is 0 Å². The van der Waals surface area contributed by atoms with E-state index in [-0.39, 0.29) is 39.6 Å². The Morgan fingerprint density at radius 3 is 1.47 bits per heavy atom. The topological polar surface area (TPSA) is 215 Å². The highest BCUT2D eigenvalue weighted by Crippen LogP contribution is 1.85. The van der Waals surface area contributed by atoms with Crippen molar-refractivity contribution >= 4 is 23.7 Å². The van der Waals surface area contributed by atoms with Gasteiger partial charge in [-0.3, -0.25) is 19.3 Å². The summed E-state index contributed by atoms with van der Waals surface area (Å²) in [4.78, 5) is 45.7. The van der Waals surface area contributed by atoms with Crippen LogP contribution in [0.4, 0.5) is 0 Å². The lowest BCUT2D eigenvalue weighted by atomic mass is 10.4. The molecule has 30 heavy (non-hydrogen) atoms. The van der Waals surface area contributed by atoms with Gasteiger partial charge in [0.25, 0.3) is 0 Å². The molecule has 0 aromatic rings. The first-order chi connectivity index (χ1) is 14.3. The third-order valence-electron chi connectivity index (χ3n) is 2.96. The Bertz CT molecular complexity index is 566. The van der Waals surface area contributed by atoms with Crippen molar-refractivity contribution in [3.05, 3.63) is 24.3 Å². The molecule has 0 fully saturated rings. The third-order valence-corrected chi connectivity index (χ3v) is 2.96. The van der Waals surface area contributed by atoms with Crippen molar-refractivity contribution in [2.75, 3.05) is 59.2 Å². The average molecular weight is 433 g/mol. The predicted octanol–water partition coefficient (Wildman–Crippen LogP) is -4.29. The Morgan fingerprint density at radius 2 is 1.13 bits per heavy atom. The minimum atomic E-state index is -1.23. The van der Waals surface area contributed by atoms with Gasteiger partial charge in [-0.15, -0.1) is 0 Å². The molecule has 13 nitrogen and oxygen atoms in total. The van der Waals surface area contributed by atoms with Crippen LogP contribution in [0.15, 0.2) is 24.3 Å². The van der Waals surface area contributed by atoms with Crippen molar-refractivity contribution in [2.45, 2.75) is 0 Å². The fourth-order valence-electron chi connectivity index (χ4n) is 1.58. The number of hydrogen-bond donors (Lipinski definition) is 8. The smallest absolute Gasteiger partial charge is 0.328 e. The van der Waals surface area contributed by atoms with Gasteiger partial charge in [0, 0.05) is 63.6 Å². The Kier molecular flexibility index (Phi) is 20.4. The van der Waals surface area contributed by atoms with Crippen LogP contribution in [0.3, 0.4) is 0 Å². The predicted molar refractivity (Wildman–Crippen MR) is 107 cm³/mol. The first kappa shape index (κ1) is 29.4. The summed E-state index contributed by atoms with van der Waals surface area (Å²) in [6.07, 6.45) is 3.68. The number of rotatable bonds is 14. The van der Waals surface area contributed by atoms with Crippen molar-refractivity contribution < 1.29 is 39.6 Å². The van der Waals surface area contributed by atoms with Crippen LogP contribution in [0, 0.1) is 0 Å². The highest BCUT2D eigenvalue weighted by atomic mass is 16.4. The molecule has 0 radical (unpaired) electrons. The minimum Gasteiger partial charge on any atom is -0.478 e. The highest BCUT2D eigenvalue weighted by molar-refractivity contribution is 5.96. The van der Waals surface area contributed by atoms with Crippen LogP contribution in [-0.4, -0.2) is 108 Å². The van der Waals surface area contributed by atoms with E-state index in [9.17, 15) is 24.3 Å². The molecule has 0 aliphatic rings. The summed E-state index contributed by atoms with van der Waals surface area (Å²) >= 11 is 0. The van der Waals surface area contributed by atoms with Crippen molar-refractivity contribution in [2.24, 2.45) is 5.73 Å². The Labute approximate surface area is 174 Å². The number of carboxylic acid groups (broad SMARTS) is 1. The summed E-state index contributed by atoms with van der Waals surface area (Å²) in [5.74, 6) is -2.79. The first-order valence-corrected chi connectivity index (χ1v) is 8.98.